The number of anilines is 1. The number of carbonyl (C=O) groups excluding carboxylic acids is 1. The van der Waals surface area contributed by atoms with Crippen LogP contribution < -0.4 is 10.3 Å². The van der Waals surface area contributed by atoms with E-state index in [-0.39, 0.29) is 5.91 Å². The van der Waals surface area contributed by atoms with E-state index in [4.69, 9.17) is 9.15 Å². The average molecular weight is 280 g/mol. The number of amides is 1. The zero-order valence-corrected chi connectivity index (χ0v) is 11.8. The van der Waals surface area contributed by atoms with Crippen LogP contribution in [0.4, 0.5) is 5.88 Å². The number of carbonyl (C=O) groups is 1. The highest BCUT2D eigenvalue weighted by atomic mass is 16.5. The van der Waals surface area contributed by atoms with Crippen LogP contribution in [0.25, 0.3) is 0 Å². The number of nitrogens with zero attached hydrogens (tertiary/aromatic N) is 3. The number of rotatable bonds is 5. The number of furan rings is 1. The van der Waals surface area contributed by atoms with Crippen LogP contribution in [-0.4, -0.2) is 64.0 Å². The van der Waals surface area contributed by atoms with Crippen molar-refractivity contribution in [1.29, 1.82) is 0 Å². The molecule has 2 heterocycles. The van der Waals surface area contributed by atoms with Crippen molar-refractivity contribution in [1.82, 2.24) is 10.3 Å². The highest BCUT2D eigenvalue weighted by molar-refractivity contribution is 5.81. The van der Waals surface area contributed by atoms with Crippen molar-refractivity contribution in [2.24, 2.45) is 5.10 Å². The van der Waals surface area contributed by atoms with Crippen LogP contribution >= 0.6 is 0 Å². The number of hydrogen-bond donors (Lipinski definition) is 1. The van der Waals surface area contributed by atoms with E-state index in [9.17, 15) is 4.79 Å². The molecule has 0 unspecified atom stereocenters. The summed E-state index contributed by atoms with van der Waals surface area (Å²) in [4.78, 5) is 15.6. The predicted molar refractivity (Wildman–Crippen MR) is 76.0 cm³/mol. The lowest BCUT2D eigenvalue weighted by Gasteiger charge is -2.25. The van der Waals surface area contributed by atoms with Crippen molar-refractivity contribution in [3.8, 4) is 0 Å². The van der Waals surface area contributed by atoms with Gasteiger partial charge in [-0.25, -0.2) is 5.43 Å². The molecule has 1 aromatic heterocycles. The maximum atomic E-state index is 11.7. The van der Waals surface area contributed by atoms with Gasteiger partial charge >= 0.3 is 0 Å². The Labute approximate surface area is 118 Å². The third-order valence-corrected chi connectivity index (χ3v) is 2.91. The normalized spacial score (nSPS) is 16.5. The zero-order valence-electron chi connectivity index (χ0n) is 11.8. The van der Waals surface area contributed by atoms with Crippen LogP contribution in [-0.2, 0) is 9.53 Å². The third-order valence-electron chi connectivity index (χ3n) is 2.91. The van der Waals surface area contributed by atoms with Crippen LogP contribution in [0, 0.1) is 0 Å². The maximum absolute atomic E-state index is 11.7. The van der Waals surface area contributed by atoms with Crippen LogP contribution in [0.5, 0.6) is 0 Å². The maximum Gasteiger partial charge on any atom is 0.254 e. The van der Waals surface area contributed by atoms with Gasteiger partial charge in [0.15, 0.2) is 5.88 Å². The molecule has 0 saturated carbocycles. The second-order valence-electron chi connectivity index (χ2n) is 4.75. The molecule has 1 N–H and O–H groups in total. The summed E-state index contributed by atoms with van der Waals surface area (Å²) in [5.41, 5.74) is 2.49. The molecule has 7 nitrogen and oxygen atoms in total. The first kappa shape index (κ1) is 14.5. The molecule has 0 atom stereocenters. The van der Waals surface area contributed by atoms with Crippen LogP contribution in [0.1, 0.15) is 5.76 Å². The fourth-order valence-corrected chi connectivity index (χ4v) is 1.82. The number of ether oxygens (including phenoxy) is 1. The molecular weight excluding hydrogens is 260 g/mol. The van der Waals surface area contributed by atoms with Crippen molar-refractivity contribution in [3.05, 3.63) is 17.9 Å². The van der Waals surface area contributed by atoms with Crippen molar-refractivity contribution >= 4 is 18.0 Å². The van der Waals surface area contributed by atoms with Crippen molar-refractivity contribution in [3.63, 3.8) is 0 Å². The van der Waals surface area contributed by atoms with Gasteiger partial charge in [0.25, 0.3) is 5.91 Å². The molecule has 1 amide bonds. The van der Waals surface area contributed by atoms with Crippen molar-refractivity contribution in [2.45, 2.75) is 0 Å². The Morgan fingerprint density at radius 1 is 1.45 bits per heavy atom. The SMILES string of the molecule is CN(C)c1ccc(/C=N/NC(=O)CN2CCOCC2)o1. The quantitative estimate of drug-likeness (QED) is 0.613. The molecule has 110 valence electrons. The summed E-state index contributed by atoms with van der Waals surface area (Å²) in [6.07, 6.45) is 1.49. The van der Waals surface area contributed by atoms with Gasteiger partial charge < -0.3 is 14.1 Å². The second kappa shape index (κ2) is 7.06. The second-order valence-corrected chi connectivity index (χ2v) is 4.75. The Balaban J connectivity index is 1.75. The van der Waals surface area contributed by atoms with Gasteiger partial charge in [-0.1, -0.05) is 0 Å². The Morgan fingerprint density at radius 2 is 2.20 bits per heavy atom. The van der Waals surface area contributed by atoms with Gasteiger partial charge in [-0.15, -0.1) is 0 Å². The molecule has 1 aromatic rings. The van der Waals surface area contributed by atoms with E-state index in [1.54, 1.807) is 6.07 Å². The minimum absolute atomic E-state index is 0.137. The lowest BCUT2D eigenvalue weighted by molar-refractivity contribution is -0.123. The molecule has 0 radical (unpaired) electrons. The van der Waals surface area contributed by atoms with Crippen LogP contribution in [0.2, 0.25) is 0 Å². The molecule has 7 heteroatoms. The summed E-state index contributed by atoms with van der Waals surface area (Å²) in [7, 11) is 3.79. The Morgan fingerprint density at radius 3 is 2.85 bits per heavy atom. The molecule has 0 spiro atoms. The van der Waals surface area contributed by atoms with E-state index in [1.165, 1.54) is 6.21 Å². The fraction of sp³-hybridized carbons (Fsp3) is 0.538. The molecule has 2 rings (SSSR count). The lowest BCUT2D eigenvalue weighted by Crippen LogP contribution is -2.42. The number of hydrogen-bond acceptors (Lipinski definition) is 6. The molecule has 1 fully saturated rings. The fourth-order valence-electron chi connectivity index (χ4n) is 1.82. The summed E-state index contributed by atoms with van der Waals surface area (Å²) in [5, 5.41) is 3.88. The number of nitrogens with one attached hydrogen (secondary N) is 1. The van der Waals surface area contributed by atoms with E-state index >= 15 is 0 Å². The smallest absolute Gasteiger partial charge is 0.254 e. The predicted octanol–water partition coefficient (Wildman–Crippen LogP) is 0.128. The van der Waals surface area contributed by atoms with Crippen LogP contribution in [0.3, 0.4) is 0 Å². The van der Waals surface area contributed by atoms with Gasteiger partial charge in [-0.3, -0.25) is 9.69 Å². The van der Waals surface area contributed by atoms with Gasteiger partial charge in [0.2, 0.25) is 0 Å². The minimum atomic E-state index is -0.137. The first-order valence-corrected chi connectivity index (χ1v) is 6.54. The summed E-state index contributed by atoms with van der Waals surface area (Å²) < 4.78 is 10.7. The Kier molecular flexibility index (Phi) is 5.14. The highest BCUT2D eigenvalue weighted by Crippen LogP contribution is 2.13. The molecule has 0 aromatic carbocycles. The largest absolute Gasteiger partial charge is 0.440 e. The molecule has 20 heavy (non-hydrogen) atoms. The van der Waals surface area contributed by atoms with Gasteiger partial charge in [-0.05, 0) is 6.07 Å². The standard InChI is InChI=1S/C13H20N4O3/c1-16(2)13-4-3-11(20-13)9-14-15-12(18)10-17-5-7-19-8-6-17/h3-4,9H,5-8,10H2,1-2H3,(H,15,18)/b14-9+. The zero-order chi connectivity index (χ0) is 14.4. The molecule has 0 aliphatic carbocycles. The lowest BCUT2D eigenvalue weighted by atomic mass is 10.4. The number of morpholine rings is 1. The molecule has 1 aliphatic rings. The first-order valence-electron chi connectivity index (χ1n) is 6.54. The summed E-state index contributed by atoms with van der Waals surface area (Å²) >= 11 is 0. The minimum Gasteiger partial charge on any atom is -0.440 e. The van der Waals surface area contributed by atoms with Crippen molar-refractivity contribution in [2.75, 3.05) is 51.8 Å². The Hall–Kier alpha value is -1.86. The first-order chi connectivity index (χ1) is 9.65. The monoisotopic (exact) mass is 280 g/mol. The van der Waals surface area contributed by atoms with E-state index < -0.39 is 0 Å². The van der Waals surface area contributed by atoms with E-state index in [0.717, 1.165) is 19.0 Å². The van der Waals surface area contributed by atoms with Crippen LogP contribution in [0.15, 0.2) is 21.7 Å². The topological polar surface area (TPSA) is 70.3 Å². The average Bonchev–Trinajstić information content (AvgIpc) is 2.89. The molecule has 1 aliphatic heterocycles. The molecule has 1 saturated heterocycles. The van der Waals surface area contributed by atoms with Gasteiger partial charge in [-0.2, -0.15) is 5.10 Å². The van der Waals surface area contributed by atoms with E-state index in [0.29, 0.717) is 25.5 Å². The summed E-state index contributed by atoms with van der Waals surface area (Å²) in [5.74, 6) is 1.20. The van der Waals surface area contributed by atoms with Crippen molar-refractivity contribution < 1.29 is 13.9 Å². The third kappa shape index (κ3) is 4.36. The van der Waals surface area contributed by atoms with E-state index in [1.807, 2.05) is 30.0 Å². The summed E-state index contributed by atoms with van der Waals surface area (Å²) in [6, 6.07) is 3.64. The highest BCUT2D eigenvalue weighted by Gasteiger charge is 2.13. The molecule has 0 bridgehead atoms. The van der Waals surface area contributed by atoms with E-state index in [2.05, 4.69) is 10.5 Å². The molecular formula is C13H20N4O3. The Bertz CT molecular complexity index is 464. The van der Waals surface area contributed by atoms with Gasteiger partial charge in [0.1, 0.15) is 5.76 Å². The number of hydrazone groups is 1. The van der Waals surface area contributed by atoms with Gasteiger partial charge in [0, 0.05) is 33.3 Å². The summed E-state index contributed by atoms with van der Waals surface area (Å²) in [6.45, 7) is 3.25. The van der Waals surface area contributed by atoms with Gasteiger partial charge in [0.05, 0.1) is 26.0 Å².